The lowest BCUT2D eigenvalue weighted by atomic mass is 10.1. The summed E-state index contributed by atoms with van der Waals surface area (Å²) in [5.41, 5.74) is 2.40. The van der Waals surface area contributed by atoms with Crippen molar-refractivity contribution in [2.45, 2.75) is 31.7 Å². The highest BCUT2D eigenvalue weighted by atomic mass is 32.2. The largest absolute Gasteiger partial charge is 0.352 e. The average molecular weight is 346 g/mol. The van der Waals surface area contributed by atoms with Crippen LogP contribution in [0.5, 0.6) is 0 Å². The van der Waals surface area contributed by atoms with Gasteiger partial charge < -0.3 is 5.32 Å². The molecule has 5 nitrogen and oxygen atoms in total. The molecule has 0 aromatic heterocycles. The molecule has 24 heavy (non-hydrogen) atoms. The molecule has 2 aromatic carbocycles. The molecule has 6 heteroatoms. The summed E-state index contributed by atoms with van der Waals surface area (Å²) in [6.45, 7) is 4.73. The summed E-state index contributed by atoms with van der Waals surface area (Å²) in [4.78, 5) is 12.0. The summed E-state index contributed by atoms with van der Waals surface area (Å²) >= 11 is 0. The highest BCUT2D eigenvalue weighted by Gasteiger charge is 2.15. The number of sulfonamides is 1. The molecule has 2 aromatic rings. The van der Waals surface area contributed by atoms with E-state index in [0.29, 0.717) is 12.1 Å². The van der Waals surface area contributed by atoms with Crippen molar-refractivity contribution in [3.05, 3.63) is 65.2 Å². The normalized spacial score (nSPS) is 11.2. The Balaban J connectivity index is 2.07. The van der Waals surface area contributed by atoms with Crippen LogP contribution in [0, 0.1) is 6.92 Å². The lowest BCUT2D eigenvalue weighted by Gasteiger charge is -2.09. The van der Waals surface area contributed by atoms with Crippen molar-refractivity contribution < 1.29 is 13.2 Å². The molecule has 0 heterocycles. The summed E-state index contributed by atoms with van der Waals surface area (Å²) in [5.74, 6) is -0.200. The lowest BCUT2D eigenvalue weighted by molar-refractivity contribution is 0.0953. The maximum absolute atomic E-state index is 12.4. The first-order chi connectivity index (χ1) is 11.4. The fraction of sp³-hybridized carbons (Fsp3) is 0.278. The first-order valence-corrected chi connectivity index (χ1v) is 9.35. The van der Waals surface area contributed by atoms with Crippen molar-refractivity contribution in [3.63, 3.8) is 0 Å². The number of hydrogen-bond acceptors (Lipinski definition) is 3. The van der Waals surface area contributed by atoms with Crippen LogP contribution in [0.1, 0.15) is 34.8 Å². The van der Waals surface area contributed by atoms with Crippen molar-refractivity contribution >= 4 is 15.9 Å². The fourth-order valence-electron chi connectivity index (χ4n) is 2.19. The predicted molar refractivity (Wildman–Crippen MR) is 94.3 cm³/mol. The molecule has 2 N–H and O–H groups in total. The highest BCUT2D eigenvalue weighted by Crippen LogP contribution is 2.13. The topological polar surface area (TPSA) is 75.3 Å². The van der Waals surface area contributed by atoms with Crippen molar-refractivity contribution in [1.29, 1.82) is 0 Å². The van der Waals surface area contributed by atoms with Crippen LogP contribution in [0.2, 0.25) is 0 Å². The Hall–Kier alpha value is -2.18. The predicted octanol–water partition coefficient (Wildman–Crippen LogP) is 2.61. The van der Waals surface area contributed by atoms with E-state index in [1.165, 1.54) is 24.3 Å². The molecule has 0 aliphatic heterocycles. The van der Waals surface area contributed by atoms with Crippen LogP contribution >= 0.6 is 0 Å². The van der Waals surface area contributed by atoms with Crippen LogP contribution in [-0.2, 0) is 16.6 Å². The van der Waals surface area contributed by atoms with E-state index < -0.39 is 10.0 Å². The quantitative estimate of drug-likeness (QED) is 0.809. The van der Waals surface area contributed by atoms with E-state index in [2.05, 4.69) is 10.0 Å². The van der Waals surface area contributed by atoms with E-state index in [-0.39, 0.29) is 17.3 Å². The highest BCUT2D eigenvalue weighted by molar-refractivity contribution is 7.89. The third kappa shape index (κ3) is 4.66. The summed E-state index contributed by atoms with van der Waals surface area (Å²) in [6.07, 6.45) is 0.848. The van der Waals surface area contributed by atoms with Crippen molar-refractivity contribution in [1.82, 2.24) is 10.0 Å². The van der Waals surface area contributed by atoms with Gasteiger partial charge in [-0.2, -0.15) is 0 Å². The maximum atomic E-state index is 12.4. The molecule has 128 valence electrons. The minimum atomic E-state index is -3.62. The molecular weight excluding hydrogens is 324 g/mol. The summed E-state index contributed by atoms with van der Waals surface area (Å²) in [6, 6.07) is 13.5. The molecule has 0 spiro atoms. The molecule has 0 atom stereocenters. The molecule has 0 radical (unpaired) electrons. The zero-order valence-electron chi connectivity index (χ0n) is 13.9. The van der Waals surface area contributed by atoms with Gasteiger partial charge in [0, 0.05) is 18.7 Å². The Morgan fingerprint density at radius 2 is 1.71 bits per heavy atom. The molecule has 0 unspecified atom stereocenters. The zero-order valence-corrected chi connectivity index (χ0v) is 14.7. The number of amides is 1. The Morgan fingerprint density at radius 3 is 2.33 bits per heavy atom. The van der Waals surface area contributed by atoms with E-state index in [1.54, 1.807) is 0 Å². The number of carbonyl (C=O) groups excluding carboxylic acids is 1. The van der Waals surface area contributed by atoms with E-state index in [9.17, 15) is 13.2 Å². The summed E-state index contributed by atoms with van der Waals surface area (Å²) in [7, 11) is -3.62. The van der Waals surface area contributed by atoms with Crippen LogP contribution < -0.4 is 10.0 Å². The summed E-state index contributed by atoms with van der Waals surface area (Å²) in [5, 5.41) is 2.76. The Morgan fingerprint density at radius 1 is 1.04 bits per heavy atom. The molecule has 0 saturated heterocycles. The Labute approximate surface area is 143 Å². The SMILES string of the molecule is CCCNC(=O)c1ccc(S(=O)(=O)NCc2ccccc2C)cc1. The summed E-state index contributed by atoms with van der Waals surface area (Å²) < 4.78 is 27.3. The van der Waals surface area contributed by atoms with Gasteiger partial charge in [-0.3, -0.25) is 4.79 Å². The van der Waals surface area contributed by atoms with Gasteiger partial charge in [0.2, 0.25) is 10.0 Å². The molecule has 0 aliphatic carbocycles. The smallest absolute Gasteiger partial charge is 0.251 e. The third-order valence-electron chi connectivity index (χ3n) is 3.68. The number of rotatable bonds is 7. The van der Waals surface area contributed by atoms with Crippen LogP contribution in [0.25, 0.3) is 0 Å². The molecule has 0 saturated carbocycles. The number of benzene rings is 2. The van der Waals surface area contributed by atoms with Gasteiger partial charge in [-0.25, -0.2) is 13.1 Å². The first kappa shape index (κ1) is 18.2. The van der Waals surface area contributed by atoms with Gasteiger partial charge in [0.05, 0.1) is 4.90 Å². The maximum Gasteiger partial charge on any atom is 0.251 e. The lowest BCUT2D eigenvalue weighted by Crippen LogP contribution is -2.25. The van der Waals surface area contributed by atoms with Gasteiger partial charge in [-0.15, -0.1) is 0 Å². The monoisotopic (exact) mass is 346 g/mol. The second kappa shape index (κ2) is 8.08. The number of hydrogen-bond donors (Lipinski definition) is 2. The van der Waals surface area contributed by atoms with Gasteiger partial charge in [-0.05, 0) is 48.7 Å². The molecule has 0 fully saturated rings. The third-order valence-corrected chi connectivity index (χ3v) is 5.09. The van der Waals surface area contributed by atoms with E-state index >= 15 is 0 Å². The minimum absolute atomic E-state index is 0.142. The van der Waals surface area contributed by atoms with Crippen LogP contribution in [0.15, 0.2) is 53.4 Å². The standard InChI is InChI=1S/C18H22N2O3S/c1-3-12-19-18(21)15-8-10-17(11-9-15)24(22,23)20-13-16-7-5-4-6-14(16)2/h4-11,20H,3,12-13H2,1-2H3,(H,19,21). The van der Waals surface area contributed by atoms with Crippen molar-refractivity contribution in [2.24, 2.45) is 0 Å². The van der Waals surface area contributed by atoms with Crippen molar-refractivity contribution in [2.75, 3.05) is 6.54 Å². The second-order valence-corrected chi connectivity index (χ2v) is 7.30. The van der Waals surface area contributed by atoms with Gasteiger partial charge in [0.25, 0.3) is 5.91 Å². The van der Waals surface area contributed by atoms with E-state index in [4.69, 9.17) is 0 Å². The average Bonchev–Trinajstić information content (AvgIpc) is 2.59. The first-order valence-electron chi connectivity index (χ1n) is 7.86. The van der Waals surface area contributed by atoms with Gasteiger partial charge in [-0.1, -0.05) is 31.2 Å². The number of aryl methyl sites for hydroxylation is 1. The zero-order chi connectivity index (χ0) is 17.6. The fourth-order valence-corrected chi connectivity index (χ4v) is 3.20. The Kier molecular flexibility index (Phi) is 6.11. The second-order valence-electron chi connectivity index (χ2n) is 5.53. The van der Waals surface area contributed by atoms with E-state index in [1.807, 2.05) is 38.1 Å². The molecule has 1 amide bonds. The van der Waals surface area contributed by atoms with E-state index in [0.717, 1.165) is 17.5 Å². The van der Waals surface area contributed by atoms with Crippen LogP contribution in [0.3, 0.4) is 0 Å². The molecule has 0 aliphatic rings. The van der Waals surface area contributed by atoms with Crippen LogP contribution in [0.4, 0.5) is 0 Å². The number of nitrogens with one attached hydrogen (secondary N) is 2. The molecule has 2 rings (SSSR count). The van der Waals surface area contributed by atoms with Gasteiger partial charge in [0.15, 0.2) is 0 Å². The van der Waals surface area contributed by atoms with Crippen molar-refractivity contribution in [3.8, 4) is 0 Å². The van der Waals surface area contributed by atoms with Gasteiger partial charge in [0.1, 0.15) is 0 Å². The van der Waals surface area contributed by atoms with Crippen LogP contribution in [-0.4, -0.2) is 20.9 Å². The Bertz CT molecular complexity index is 799. The number of carbonyl (C=O) groups is 1. The molecular formula is C18H22N2O3S. The minimum Gasteiger partial charge on any atom is -0.352 e. The van der Waals surface area contributed by atoms with Gasteiger partial charge >= 0.3 is 0 Å². The molecule has 0 bridgehead atoms.